The van der Waals surface area contributed by atoms with Gasteiger partial charge < -0.3 is 19.1 Å². The van der Waals surface area contributed by atoms with Crippen molar-refractivity contribution in [2.75, 3.05) is 24.0 Å². The lowest BCUT2D eigenvalue weighted by molar-refractivity contribution is -0.142. The number of esters is 1. The Labute approximate surface area is 271 Å². The van der Waals surface area contributed by atoms with Crippen LogP contribution >= 0.6 is 0 Å². The number of hydrogen-bond donors (Lipinski definition) is 0. The molecular formula is C35H43N3O7S. The van der Waals surface area contributed by atoms with Gasteiger partial charge in [0.05, 0.1) is 30.5 Å². The summed E-state index contributed by atoms with van der Waals surface area (Å²) in [5, 5.41) is 9.73. The first-order valence-electron chi connectivity index (χ1n) is 15.7. The van der Waals surface area contributed by atoms with E-state index in [1.807, 2.05) is 52.0 Å². The van der Waals surface area contributed by atoms with Crippen molar-refractivity contribution in [2.45, 2.75) is 83.8 Å². The number of piperidine rings is 1. The Morgan fingerprint density at radius 3 is 2.28 bits per heavy atom. The number of ether oxygens (including phenoxy) is 3. The van der Waals surface area contributed by atoms with Crippen LogP contribution in [0.4, 0.5) is 10.5 Å². The molecule has 0 spiro atoms. The van der Waals surface area contributed by atoms with Gasteiger partial charge in [-0.2, -0.15) is 5.26 Å². The standard InChI is InChI=1S/C35H43N3O7S/c1-6-8-32(33(39)43-7-2)46(41,42)38(24-26-10-12-27-11-9-25(23-36)21-28(27)22-26)29-13-15-30(16-14-29)44-31-17-19-37(20-18-31)34(40)45-35(3,4)5/h9-16,21-22,31-32H,6-8,17-20,24H2,1-5H3. The van der Waals surface area contributed by atoms with Gasteiger partial charge >= 0.3 is 12.1 Å². The molecule has 3 aromatic rings. The number of nitrogens with zero attached hydrogens (tertiary/aromatic N) is 3. The summed E-state index contributed by atoms with van der Waals surface area (Å²) in [5.41, 5.74) is 1.02. The third kappa shape index (κ3) is 8.69. The maximum absolute atomic E-state index is 14.2. The van der Waals surface area contributed by atoms with Crippen LogP contribution in [0.25, 0.3) is 10.8 Å². The Balaban J connectivity index is 1.58. The molecule has 0 aliphatic carbocycles. The van der Waals surface area contributed by atoms with Crippen molar-refractivity contribution in [1.82, 2.24) is 4.90 Å². The zero-order chi connectivity index (χ0) is 33.5. The molecule has 46 heavy (non-hydrogen) atoms. The molecule has 1 amide bonds. The molecule has 1 fully saturated rings. The van der Waals surface area contributed by atoms with E-state index in [9.17, 15) is 23.3 Å². The lowest BCUT2D eigenvalue weighted by atomic mass is 10.0. The molecule has 3 aromatic carbocycles. The maximum atomic E-state index is 14.2. The number of rotatable bonds is 11. The van der Waals surface area contributed by atoms with Crippen LogP contribution < -0.4 is 9.04 Å². The van der Waals surface area contributed by atoms with Gasteiger partial charge in [-0.05, 0) is 92.9 Å². The zero-order valence-electron chi connectivity index (χ0n) is 27.2. The number of carbonyl (C=O) groups is 2. The van der Waals surface area contributed by atoms with Crippen molar-refractivity contribution in [3.8, 4) is 11.8 Å². The minimum absolute atomic E-state index is 0.0298. The number of nitriles is 1. The molecule has 0 N–H and O–H groups in total. The number of hydrogen-bond acceptors (Lipinski definition) is 8. The monoisotopic (exact) mass is 649 g/mol. The van der Waals surface area contributed by atoms with E-state index < -0.39 is 26.8 Å². The SMILES string of the molecule is CCCC(C(=O)OCC)S(=O)(=O)N(Cc1ccc2ccc(C#N)cc2c1)c1ccc(OC2CCN(C(=O)OC(C)(C)C)CC2)cc1. The Morgan fingerprint density at radius 1 is 1.00 bits per heavy atom. The van der Waals surface area contributed by atoms with E-state index in [1.54, 1.807) is 48.2 Å². The van der Waals surface area contributed by atoms with Crippen LogP contribution in [0.2, 0.25) is 0 Å². The first kappa shape index (κ1) is 34.6. The molecule has 0 radical (unpaired) electrons. The van der Waals surface area contributed by atoms with Crippen molar-refractivity contribution in [2.24, 2.45) is 0 Å². The largest absolute Gasteiger partial charge is 0.490 e. The van der Waals surface area contributed by atoms with Gasteiger partial charge in [0.1, 0.15) is 17.5 Å². The van der Waals surface area contributed by atoms with Crippen molar-refractivity contribution < 1.29 is 32.2 Å². The molecule has 246 valence electrons. The summed E-state index contributed by atoms with van der Waals surface area (Å²) in [6.07, 6.45) is 1.41. The highest BCUT2D eigenvalue weighted by atomic mass is 32.2. The van der Waals surface area contributed by atoms with E-state index in [4.69, 9.17) is 14.2 Å². The average molecular weight is 650 g/mol. The molecule has 1 aliphatic rings. The van der Waals surface area contributed by atoms with Crippen molar-refractivity contribution in [1.29, 1.82) is 5.26 Å². The van der Waals surface area contributed by atoms with E-state index in [0.717, 1.165) is 10.8 Å². The number of amides is 1. The summed E-state index contributed by atoms with van der Waals surface area (Å²) < 4.78 is 46.5. The summed E-state index contributed by atoms with van der Waals surface area (Å²) in [4.78, 5) is 27.0. The van der Waals surface area contributed by atoms with Crippen molar-refractivity contribution in [3.63, 3.8) is 0 Å². The molecule has 1 atom stereocenters. The molecule has 1 aliphatic heterocycles. The Bertz CT molecular complexity index is 1670. The second-order valence-electron chi connectivity index (χ2n) is 12.4. The number of sulfonamides is 1. The second-order valence-corrected chi connectivity index (χ2v) is 14.4. The number of likely N-dealkylation sites (tertiary alicyclic amines) is 1. The summed E-state index contributed by atoms with van der Waals surface area (Å²) in [6, 6.07) is 19.9. The second kappa shape index (κ2) is 14.9. The molecule has 11 heteroatoms. The first-order valence-corrected chi connectivity index (χ1v) is 17.2. The van der Waals surface area contributed by atoms with Crippen LogP contribution in [0.3, 0.4) is 0 Å². The van der Waals surface area contributed by atoms with Crippen LogP contribution in [0.1, 0.15) is 71.4 Å². The minimum atomic E-state index is -4.22. The summed E-state index contributed by atoms with van der Waals surface area (Å²) in [5.74, 6) is -0.203. The third-order valence-corrected chi connectivity index (χ3v) is 9.75. The molecule has 0 bridgehead atoms. The molecule has 10 nitrogen and oxygen atoms in total. The van der Waals surface area contributed by atoms with Gasteiger partial charge in [-0.15, -0.1) is 0 Å². The average Bonchev–Trinajstić information content (AvgIpc) is 3.02. The van der Waals surface area contributed by atoms with Crippen molar-refractivity contribution in [3.05, 3.63) is 71.8 Å². The third-order valence-electron chi connectivity index (χ3n) is 7.65. The topological polar surface area (TPSA) is 126 Å². The van der Waals surface area contributed by atoms with Gasteiger partial charge in [-0.3, -0.25) is 9.10 Å². The lowest BCUT2D eigenvalue weighted by Gasteiger charge is -2.33. The van der Waals surface area contributed by atoms with Gasteiger partial charge in [0, 0.05) is 25.9 Å². The molecule has 1 unspecified atom stereocenters. The molecular weight excluding hydrogens is 606 g/mol. The smallest absolute Gasteiger partial charge is 0.410 e. The highest BCUT2D eigenvalue weighted by molar-refractivity contribution is 7.94. The molecule has 0 saturated carbocycles. The predicted molar refractivity (Wildman–Crippen MR) is 177 cm³/mol. The number of carbonyl (C=O) groups excluding carboxylic acids is 2. The predicted octanol–water partition coefficient (Wildman–Crippen LogP) is 6.56. The Morgan fingerprint density at radius 2 is 1.67 bits per heavy atom. The van der Waals surface area contributed by atoms with Crippen LogP contribution in [0.5, 0.6) is 5.75 Å². The van der Waals surface area contributed by atoms with Gasteiger partial charge in [-0.1, -0.05) is 31.5 Å². The fourth-order valence-electron chi connectivity index (χ4n) is 5.36. The number of anilines is 1. The van der Waals surface area contributed by atoms with Crippen LogP contribution in [0.15, 0.2) is 60.7 Å². The Kier molecular flexibility index (Phi) is 11.2. The van der Waals surface area contributed by atoms with Crippen molar-refractivity contribution >= 4 is 38.5 Å². The fraction of sp³-hybridized carbons (Fsp3) is 0.457. The lowest BCUT2D eigenvalue weighted by Crippen LogP contribution is -2.44. The van der Waals surface area contributed by atoms with Gasteiger partial charge in [0.2, 0.25) is 10.0 Å². The van der Waals surface area contributed by atoms with Crippen LogP contribution in [0, 0.1) is 11.3 Å². The van der Waals surface area contributed by atoms with Gasteiger partial charge in [0.25, 0.3) is 0 Å². The molecule has 4 rings (SSSR count). The van der Waals surface area contributed by atoms with Gasteiger partial charge in [-0.25, -0.2) is 13.2 Å². The van der Waals surface area contributed by atoms with Gasteiger partial charge in [0.15, 0.2) is 5.25 Å². The van der Waals surface area contributed by atoms with E-state index in [0.29, 0.717) is 54.9 Å². The highest BCUT2D eigenvalue weighted by Gasteiger charge is 2.38. The van der Waals surface area contributed by atoms with E-state index in [2.05, 4.69) is 6.07 Å². The molecule has 1 saturated heterocycles. The first-order chi connectivity index (χ1) is 21.8. The van der Waals surface area contributed by atoms with Crippen LogP contribution in [-0.2, 0) is 30.8 Å². The van der Waals surface area contributed by atoms with E-state index in [-0.39, 0.29) is 31.8 Å². The fourth-order valence-corrected chi connectivity index (χ4v) is 7.26. The minimum Gasteiger partial charge on any atom is -0.490 e. The maximum Gasteiger partial charge on any atom is 0.410 e. The summed E-state index contributed by atoms with van der Waals surface area (Å²) in [7, 11) is -4.22. The van der Waals surface area contributed by atoms with E-state index in [1.165, 1.54) is 4.31 Å². The molecule has 1 heterocycles. The quantitative estimate of drug-likeness (QED) is 0.214. The molecule has 0 aromatic heterocycles. The number of fused-ring (bicyclic) bond motifs is 1. The normalized spacial score (nSPS) is 14.7. The highest BCUT2D eigenvalue weighted by Crippen LogP contribution is 2.30. The van der Waals surface area contributed by atoms with Crippen LogP contribution in [-0.4, -0.2) is 62.0 Å². The summed E-state index contributed by atoms with van der Waals surface area (Å²) >= 11 is 0. The zero-order valence-corrected chi connectivity index (χ0v) is 28.0. The summed E-state index contributed by atoms with van der Waals surface area (Å²) in [6.45, 7) is 10.1. The number of benzene rings is 3. The Hall–Kier alpha value is -4.30. The van der Waals surface area contributed by atoms with E-state index >= 15 is 0 Å².